The number of carbonyl (C=O) groups is 1. The summed E-state index contributed by atoms with van der Waals surface area (Å²) >= 11 is 1.44. The molecule has 3 N–H and O–H groups in total. The largest absolute Gasteiger partial charge is 0.397 e. The molecular formula is C12H19N3OS. The monoisotopic (exact) mass is 253 g/mol. The van der Waals surface area contributed by atoms with Gasteiger partial charge in [0.25, 0.3) is 0 Å². The molecule has 0 fully saturated rings. The van der Waals surface area contributed by atoms with Crippen LogP contribution in [0.2, 0.25) is 0 Å². The smallest absolute Gasteiger partial charge is 0.233 e. The van der Waals surface area contributed by atoms with E-state index in [1.54, 1.807) is 12.3 Å². The fourth-order valence-electron chi connectivity index (χ4n) is 1.23. The molecule has 0 bridgehead atoms. The molecular weight excluding hydrogens is 234 g/mol. The van der Waals surface area contributed by atoms with Crippen molar-refractivity contribution in [2.45, 2.75) is 37.0 Å². The Balaban J connectivity index is 2.40. The Morgan fingerprint density at radius 2 is 2.35 bits per heavy atom. The van der Waals surface area contributed by atoms with Crippen molar-refractivity contribution >= 4 is 23.4 Å². The summed E-state index contributed by atoms with van der Waals surface area (Å²) in [4.78, 5) is 15.9. The normalized spacial score (nSPS) is 12.1. The molecule has 1 aromatic heterocycles. The van der Waals surface area contributed by atoms with E-state index in [-0.39, 0.29) is 11.2 Å². The molecule has 1 heterocycles. The number of hydrogen-bond donors (Lipinski definition) is 2. The Hall–Kier alpha value is -1.23. The van der Waals surface area contributed by atoms with Gasteiger partial charge in [-0.15, -0.1) is 0 Å². The number of nitrogens with one attached hydrogen (secondary N) is 1. The minimum atomic E-state index is -0.136. The summed E-state index contributed by atoms with van der Waals surface area (Å²) in [6.45, 7) is 4.72. The Bertz CT molecular complexity index is 353. The molecule has 1 rings (SSSR count). The van der Waals surface area contributed by atoms with Gasteiger partial charge >= 0.3 is 0 Å². The number of thioether (sulfide) groups is 1. The zero-order chi connectivity index (χ0) is 12.7. The van der Waals surface area contributed by atoms with Gasteiger partial charge in [-0.05, 0) is 25.5 Å². The van der Waals surface area contributed by atoms with E-state index in [1.807, 2.05) is 13.0 Å². The third kappa shape index (κ3) is 5.08. The molecule has 0 saturated heterocycles. The number of rotatable bonds is 6. The Labute approximate surface area is 106 Å². The number of aromatic nitrogens is 1. The predicted molar refractivity (Wildman–Crippen MR) is 71.9 cm³/mol. The third-order valence-electron chi connectivity index (χ3n) is 2.26. The second-order valence-electron chi connectivity index (χ2n) is 3.83. The molecule has 1 atom stereocenters. The number of nitrogens with zero attached hydrogens (tertiary/aromatic N) is 1. The van der Waals surface area contributed by atoms with Crippen LogP contribution in [0.4, 0.5) is 5.69 Å². The van der Waals surface area contributed by atoms with Crippen LogP contribution in [0.1, 0.15) is 26.7 Å². The second-order valence-corrected chi connectivity index (χ2v) is 5.20. The van der Waals surface area contributed by atoms with Gasteiger partial charge in [0.15, 0.2) is 0 Å². The highest BCUT2D eigenvalue weighted by atomic mass is 32.2. The topological polar surface area (TPSA) is 68.0 Å². The van der Waals surface area contributed by atoms with E-state index in [4.69, 9.17) is 5.73 Å². The van der Waals surface area contributed by atoms with Gasteiger partial charge in [0.2, 0.25) is 5.91 Å². The first-order valence-corrected chi connectivity index (χ1v) is 6.67. The van der Waals surface area contributed by atoms with Gasteiger partial charge in [0.05, 0.1) is 22.2 Å². The minimum Gasteiger partial charge on any atom is -0.397 e. The van der Waals surface area contributed by atoms with E-state index in [0.29, 0.717) is 5.69 Å². The number of nitrogen functional groups attached to an aromatic ring is 1. The second kappa shape index (κ2) is 7.17. The minimum absolute atomic E-state index is 0.0575. The highest BCUT2D eigenvalue weighted by Crippen LogP contribution is 2.21. The average molecular weight is 253 g/mol. The van der Waals surface area contributed by atoms with E-state index in [9.17, 15) is 4.79 Å². The quantitative estimate of drug-likeness (QED) is 0.601. The average Bonchev–Trinajstić information content (AvgIpc) is 2.32. The van der Waals surface area contributed by atoms with Crippen LogP contribution < -0.4 is 11.1 Å². The van der Waals surface area contributed by atoms with Crippen LogP contribution in [-0.2, 0) is 4.79 Å². The Kier molecular flexibility index (Phi) is 5.83. The summed E-state index contributed by atoms with van der Waals surface area (Å²) in [6, 6.07) is 3.62. The molecule has 1 unspecified atom stereocenters. The first kappa shape index (κ1) is 13.8. The van der Waals surface area contributed by atoms with Crippen molar-refractivity contribution < 1.29 is 4.79 Å². The number of amides is 1. The molecule has 0 saturated carbocycles. The van der Waals surface area contributed by atoms with Gasteiger partial charge in [-0.25, -0.2) is 4.98 Å². The van der Waals surface area contributed by atoms with Crippen molar-refractivity contribution in [1.29, 1.82) is 0 Å². The fourth-order valence-corrected chi connectivity index (χ4v) is 2.04. The van der Waals surface area contributed by atoms with Gasteiger partial charge in [0.1, 0.15) is 0 Å². The molecule has 0 aliphatic carbocycles. The van der Waals surface area contributed by atoms with Gasteiger partial charge in [-0.2, -0.15) is 0 Å². The number of nitrogens with two attached hydrogens (primary N) is 1. The van der Waals surface area contributed by atoms with E-state index in [2.05, 4.69) is 17.2 Å². The summed E-state index contributed by atoms with van der Waals surface area (Å²) in [5, 5.41) is 3.58. The summed E-state index contributed by atoms with van der Waals surface area (Å²) in [7, 11) is 0. The molecule has 0 aromatic carbocycles. The molecule has 1 amide bonds. The summed E-state index contributed by atoms with van der Waals surface area (Å²) < 4.78 is 0. The van der Waals surface area contributed by atoms with E-state index in [0.717, 1.165) is 24.4 Å². The van der Waals surface area contributed by atoms with Crippen LogP contribution in [0.15, 0.2) is 23.4 Å². The zero-order valence-electron chi connectivity index (χ0n) is 10.3. The highest BCUT2D eigenvalue weighted by Gasteiger charge is 2.14. The van der Waals surface area contributed by atoms with Crippen molar-refractivity contribution in [3.63, 3.8) is 0 Å². The molecule has 17 heavy (non-hydrogen) atoms. The van der Waals surface area contributed by atoms with Gasteiger partial charge in [0, 0.05) is 6.54 Å². The number of pyridine rings is 1. The van der Waals surface area contributed by atoms with Gasteiger partial charge in [-0.1, -0.05) is 25.1 Å². The molecule has 0 spiro atoms. The van der Waals surface area contributed by atoms with Gasteiger partial charge < -0.3 is 11.1 Å². The van der Waals surface area contributed by atoms with Gasteiger partial charge in [-0.3, -0.25) is 4.79 Å². The lowest BCUT2D eigenvalue weighted by molar-refractivity contribution is -0.120. The third-order valence-corrected chi connectivity index (χ3v) is 3.31. The molecule has 0 radical (unpaired) electrons. The Morgan fingerprint density at radius 3 is 2.94 bits per heavy atom. The standard InChI is InChI=1S/C12H19N3OS/c1-3-4-7-14-12(16)9(2)17-11-6-5-10(13)8-15-11/h5-6,8-9H,3-4,7,13H2,1-2H3,(H,14,16). The maximum Gasteiger partial charge on any atom is 0.233 e. The SMILES string of the molecule is CCCCNC(=O)C(C)Sc1ccc(N)cn1. The zero-order valence-corrected chi connectivity index (χ0v) is 11.1. The lowest BCUT2D eigenvalue weighted by atomic mass is 10.3. The van der Waals surface area contributed by atoms with Crippen molar-refractivity contribution in [2.24, 2.45) is 0 Å². The van der Waals surface area contributed by atoms with Crippen molar-refractivity contribution in [1.82, 2.24) is 10.3 Å². The molecule has 94 valence electrons. The Morgan fingerprint density at radius 1 is 1.59 bits per heavy atom. The number of carbonyl (C=O) groups excluding carboxylic acids is 1. The molecule has 0 aliphatic heterocycles. The lowest BCUT2D eigenvalue weighted by Gasteiger charge is -2.11. The molecule has 4 nitrogen and oxygen atoms in total. The number of hydrogen-bond acceptors (Lipinski definition) is 4. The molecule has 0 aliphatic rings. The van der Waals surface area contributed by atoms with Crippen LogP contribution in [0.3, 0.4) is 0 Å². The first-order valence-electron chi connectivity index (χ1n) is 5.79. The maximum atomic E-state index is 11.7. The van der Waals surface area contributed by atoms with E-state index >= 15 is 0 Å². The van der Waals surface area contributed by atoms with E-state index in [1.165, 1.54) is 11.8 Å². The van der Waals surface area contributed by atoms with Crippen LogP contribution in [0.25, 0.3) is 0 Å². The van der Waals surface area contributed by atoms with Crippen molar-refractivity contribution in [3.05, 3.63) is 18.3 Å². The summed E-state index contributed by atoms with van der Waals surface area (Å²) in [6.07, 6.45) is 3.70. The van der Waals surface area contributed by atoms with Crippen LogP contribution in [0, 0.1) is 0 Å². The van der Waals surface area contributed by atoms with Crippen molar-refractivity contribution in [2.75, 3.05) is 12.3 Å². The maximum absolute atomic E-state index is 11.7. The van der Waals surface area contributed by atoms with E-state index < -0.39 is 0 Å². The highest BCUT2D eigenvalue weighted by molar-refractivity contribution is 8.00. The van der Waals surface area contributed by atoms with Crippen LogP contribution in [0.5, 0.6) is 0 Å². The van der Waals surface area contributed by atoms with Crippen molar-refractivity contribution in [3.8, 4) is 0 Å². The summed E-state index contributed by atoms with van der Waals surface area (Å²) in [5.41, 5.74) is 6.18. The number of anilines is 1. The fraction of sp³-hybridized carbons (Fsp3) is 0.500. The lowest BCUT2D eigenvalue weighted by Crippen LogP contribution is -2.31. The van der Waals surface area contributed by atoms with Crippen LogP contribution in [-0.4, -0.2) is 22.7 Å². The summed E-state index contributed by atoms with van der Waals surface area (Å²) in [5.74, 6) is 0.0575. The van der Waals surface area contributed by atoms with Crippen LogP contribution >= 0.6 is 11.8 Å². The number of unbranched alkanes of at least 4 members (excludes halogenated alkanes) is 1. The first-order chi connectivity index (χ1) is 8.13. The molecule has 1 aromatic rings. The predicted octanol–water partition coefficient (Wildman–Crippen LogP) is 2.06. The molecule has 5 heteroatoms.